The predicted molar refractivity (Wildman–Crippen MR) is 122 cm³/mol. The molecule has 162 valence electrons. The van der Waals surface area contributed by atoms with E-state index in [2.05, 4.69) is 4.98 Å². The van der Waals surface area contributed by atoms with E-state index in [4.69, 9.17) is 9.47 Å². The first-order valence-corrected chi connectivity index (χ1v) is 10.6. The SMILES string of the molecule is COc1cc(CN(CCc2cccnc2)C(=O)C(C)C)ccc1OCc1ccccc1. The van der Waals surface area contributed by atoms with E-state index in [1.54, 1.807) is 13.3 Å². The Morgan fingerprint density at radius 1 is 0.968 bits per heavy atom. The minimum atomic E-state index is -0.0655. The number of carbonyl (C=O) groups excluding carboxylic acids is 1. The highest BCUT2D eigenvalue weighted by Crippen LogP contribution is 2.29. The lowest BCUT2D eigenvalue weighted by atomic mass is 10.1. The highest BCUT2D eigenvalue weighted by Gasteiger charge is 2.18. The topological polar surface area (TPSA) is 51.7 Å². The Hall–Kier alpha value is -3.34. The zero-order valence-electron chi connectivity index (χ0n) is 18.5. The third-order valence-corrected chi connectivity index (χ3v) is 5.04. The molecule has 3 aromatic rings. The summed E-state index contributed by atoms with van der Waals surface area (Å²) in [5.74, 6) is 1.42. The Kier molecular flexibility index (Phi) is 8.05. The van der Waals surface area contributed by atoms with Crippen LogP contribution in [-0.4, -0.2) is 29.4 Å². The van der Waals surface area contributed by atoms with Crippen molar-refractivity contribution in [2.45, 2.75) is 33.4 Å². The van der Waals surface area contributed by atoms with Gasteiger partial charge in [-0.25, -0.2) is 0 Å². The van der Waals surface area contributed by atoms with Gasteiger partial charge in [0.1, 0.15) is 6.61 Å². The maximum Gasteiger partial charge on any atom is 0.225 e. The van der Waals surface area contributed by atoms with Crippen molar-refractivity contribution in [3.63, 3.8) is 0 Å². The van der Waals surface area contributed by atoms with Crippen molar-refractivity contribution < 1.29 is 14.3 Å². The molecule has 5 nitrogen and oxygen atoms in total. The fourth-order valence-corrected chi connectivity index (χ4v) is 3.33. The van der Waals surface area contributed by atoms with Gasteiger partial charge in [-0.3, -0.25) is 9.78 Å². The van der Waals surface area contributed by atoms with E-state index in [-0.39, 0.29) is 11.8 Å². The standard InChI is InChI=1S/C26H30N2O3/c1-20(2)26(29)28(15-13-21-10-7-14-27-17-21)18-23-11-12-24(25(16-23)30-3)31-19-22-8-5-4-6-9-22/h4-12,14,16-17,20H,13,15,18-19H2,1-3H3. The Morgan fingerprint density at radius 3 is 2.42 bits per heavy atom. The number of rotatable bonds is 10. The van der Waals surface area contributed by atoms with Crippen molar-refractivity contribution >= 4 is 5.91 Å². The van der Waals surface area contributed by atoms with E-state index < -0.39 is 0 Å². The summed E-state index contributed by atoms with van der Waals surface area (Å²) in [6.45, 7) is 5.49. The highest BCUT2D eigenvalue weighted by molar-refractivity contribution is 5.78. The van der Waals surface area contributed by atoms with E-state index in [0.29, 0.717) is 31.2 Å². The first-order chi connectivity index (χ1) is 15.1. The number of carbonyl (C=O) groups is 1. The molecule has 0 spiro atoms. The highest BCUT2D eigenvalue weighted by atomic mass is 16.5. The van der Waals surface area contributed by atoms with E-state index in [0.717, 1.165) is 23.1 Å². The van der Waals surface area contributed by atoms with Crippen LogP contribution in [0.4, 0.5) is 0 Å². The minimum Gasteiger partial charge on any atom is -0.493 e. The first-order valence-electron chi connectivity index (χ1n) is 10.6. The monoisotopic (exact) mass is 418 g/mol. The van der Waals surface area contributed by atoms with Gasteiger partial charge in [0.2, 0.25) is 5.91 Å². The van der Waals surface area contributed by atoms with Crippen LogP contribution in [0.15, 0.2) is 73.1 Å². The molecule has 0 N–H and O–H groups in total. The molecule has 0 atom stereocenters. The summed E-state index contributed by atoms with van der Waals surface area (Å²) >= 11 is 0. The molecule has 0 aliphatic rings. The number of ether oxygens (including phenoxy) is 2. The van der Waals surface area contributed by atoms with Gasteiger partial charge in [0.15, 0.2) is 11.5 Å². The quantitative estimate of drug-likeness (QED) is 0.470. The van der Waals surface area contributed by atoms with Crippen LogP contribution in [0.1, 0.15) is 30.5 Å². The van der Waals surface area contributed by atoms with Crippen LogP contribution in [0.5, 0.6) is 11.5 Å². The lowest BCUT2D eigenvalue weighted by Crippen LogP contribution is -2.35. The minimum absolute atomic E-state index is 0.0655. The summed E-state index contributed by atoms with van der Waals surface area (Å²) in [5.41, 5.74) is 3.22. The van der Waals surface area contributed by atoms with E-state index >= 15 is 0 Å². The molecule has 0 unspecified atom stereocenters. The second-order valence-electron chi connectivity index (χ2n) is 7.79. The predicted octanol–water partition coefficient (Wildman–Crippen LogP) is 4.90. The van der Waals surface area contributed by atoms with Gasteiger partial charge in [0, 0.05) is 31.4 Å². The lowest BCUT2D eigenvalue weighted by molar-refractivity contribution is -0.135. The Balaban J connectivity index is 1.70. The van der Waals surface area contributed by atoms with Crippen LogP contribution in [0.25, 0.3) is 0 Å². The third-order valence-electron chi connectivity index (χ3n) is 5.04. The van der Waals surface area contributed by atoms with Gasteiger partial charge >= 0.3 is 0 Å². The number of aromatic nitrogens is 1. The molecule has 0 fully saturated rings. The van der Waals surface area contributed by atoms with Gasteiger partial charge in [-0.2, -0.15) is 0 Å². The lowest BCUT2D eigenvalue weighted by Gasteiger charge is -2.25. The molecule has 1 aromatic heterocycles. The molecule has 2 aromatic carbocycles. The molecule has 0 saturated carbocycles. The Morgan fingerprint density at radius 2 is 1.74 bits per heavy atom. The normalized spacial score (nSPS) is 10.7. The molecule has 31 heavy (non-hydrogen) atoms. The van der Waals surface area contributed by atoms with Crippen LogP contribution in [0.3, 0.4) is 0 Å². The number of hydrogen-bond acceptors (Lipinski definition) is 4. The van der Waals surface area contributed by atoms with Crippen LogP contribution >= 0.6 is 0 Å². The fraction of sp³-hybridized carbons (Fsp3) is 0.308. The number of methoxy groups -OCH3 is 1. The maximum absolute atomic E-state index is 12.8. The second kappa shape index (κ2) is 11.2. The largest absolute Gasteiger partial charge is 0.493 e. The Bertz CT molecular complexity index is 959. The summed E-state index contributed by atoms with van der Waals surface area (Å²) in [5, 5.41) is 0. The second-order valence-corrected chi connectivity index (χ2v) is 7.79. The number of pyridine rings is 1. The Labute approximate surface area is 184 Å². The number of nitrogens with zero attached hydrogens (tertiary/aromatic N) is 2. The van der Waals surface area contributed by atoms with Crippen LogP contribution in [0.2, 0.25) is 0 Å². The maximum atomic E-state index is 12.8. The van der Waals surface area contributed by atoms with Crippen molar-refractivity contribution in [3.8, 4) is 11.5 Å². The summed E-state index contributed by atoms with van der Waals surface area (Å²) in [6, 6.07) is 19.8. The van der Waals surface area contributed by atoms with Crippen molar-refractivity contribution in [2.75, 3.05) is 13.7 Å². The third kappa shape index (κ3) is 6.57. The molecule has 0 bridgehead atoms. The van der Waals surface area contributed by atoms with E-state index in [1.807, 2.05) is 85.6 Å². The van der Waals surface area contributed by atoms with Crippen molar-refractivity contribution in [2.24, 2.45) is 5.92 Å². The molecule has 5 heteroatoms. The van der Waals surface area contributed by atoms with Crippen molar-refractivity contribution in [1.29, 1.82) is 0 Å². The zero-order valence-corrected chi connectivity index (χ0v) is 18.5. The van der Waals surface area contributed by atoms with Crippen LogP contribution in [-0.2, 0) is 24.4 Å². The number of hydrogen-bond donors (Lipinski definition) is 0. The number of benzene rings is 2. The molecule has 0 aliphatic heterocycles. The van der Waals surface area contributed by atoms with Crippen LogP contribution < -0.4 is 9.47 Å². The van der Waals surface area contributed by atoms with E-state index in [1.165, 1.54) is 0 Å². The van der Waals surface area contributed by atoms with Crippen molar-refractivity contribution in [3.05, 3.63) is 89.7 Å². The molecule has 1 heterocycles. The van der Waals surface area contributed by atoms with Gasteiger partial charge in [0.25, 0.3) is 0 Å². The summed E-state index contributed by atoms with van der Waals surface area (Å²) < 4.78 is 11.5. The summed E-state index contributed by atoms with van der Waals surface area (Å²) in [4.78, 5) is 18.9. The summed E-state index contributed by atoms with van der Waals surface area (Å²) in [6.07, 6.45) is 4.37. The molecular formula is C26H30N2O3. The van der Waals surface area contributed by atoms with E-state index in [9.17, 15) is 4.79 Å². The molecule has 0 radical (unpaired) electrons. The molecule has 0 aliphatic carbocycles. The molecule has 3 rings (SSSR count). The molecule has 1 amide bonds. The van der Waals surface area contributed by atoms with Gasteiger partial charge in [-0.05, 0) is 41.3 Å². The summed E-state index contributed by atoms with van der Waals surface area (Å²) in [7, 11) is 1.63. The molecular weight excluding hydrogens is 388 g/mol. The van der Waals surface area contributed by atoms with Gasteiger partial charge < -0.3 is 14.4 Å². The molecule has 0 saturated heterocycles. The average Bonchev–Trinajstić information content (AvgIpc) is 2.81. The van der Waals surface area contributed by atoms with Gasteiger partial charge in [-0.15, -0.1) is 0 Å². The van der Waals surface area contributed by atoms with Gasteiger partial charge in [0.05, 0.1) is 7.11 Å². The van der Waals surface area contributed by atoms with Gasteiger partial charge in [-0.1, -0.05) is 56.3 Å². The van der Waals surface area contributed by atoms with Crippen LogP contribution in [0, 0.1) is 5.92 Å². The van der Waals surface area contributed by atoms with Crippen molar-refractivity contribution in [1.82, 2.24) is 9.88 Å². The zero-order chi connectivity index (χ0) is 22.1. The first kappa shape index (κ1) is 22.3. The average molecular weight is 419 g/mol. The smallest absolute Gasteiger partial charge is 0.225 e. The fourth-order valence-electron chi connectivity index (χ4n) is 3.33. The number of amides is 1.